The first-order chi connectivity index (χ1) is 10.4. The van der Waals surface area contributed by atoms with Gasteiger partial charge in [0.05, 0.1) is 0 Å². The van der Waals surface area contributed by atoms with Crippen LogP contribution in [0.15, 0.2) is 27.1 Å². The molecule has 1 aliphatic carbocycles. The third-order valence-corrected chi connectivity index (χ3v) is 4.63. The summed E-state index contributed by atoms with van der Waals surface area (Å²) in [6.07, 6.45) is 2.26. The number of hydrogen-bond donors (Lipinski definition) is 2. The molecule has 1 aromatic carbocycles. The highest BCUT2D eigenvalue weighted by Gasteiger charge is 2.32. The molecule has 0 heterocycles. The van der Waals surface area contributed by atoms with Gasteiger partial charge in [0, 0.05) is 27.4 Å². The van der Waals surface area contributed by atoms with Crippen LogP contribution >= 0.6 is 31.9 Å². The summed E-state index contributed by atoms with van der Waals surface area (Å²) in [5.41, 5.74) is 5.83. The van der Waals surface area contributed by atoms with Gasteiger partial charge in [-0.2, -0.15) is 0 Å². The Balaban J connectivity index is 2.15. The summed E-state index contributed by atoms with van der Waals surface area (Å²) in [7, 11) is 0. The van der Waals surface area contributed by atoms with E-state index in [0.717, 1.165) is 15.4 Å². The Morgan fingerprint density at radius 3 is 2.41 bits per heavy atom. The standard InChI is InChI=1S/C15H16Br2N2O3/c16-10-4-9(5-11(17)7-10)15(22)19-13(14(18)21)8-2-1-3-12(20)6-8/h4-5,7-8,13H,1-3,6H2,(H2,18,21)(H,19,22)/t8-,13-/m0/s1. The molecule has 0 spiro atoms. The lowest BCUT2D eigenvalue weighted by atomic mass is 9.82. The molecule has 1 aliphatic rings. The normalized spacial score (nSPS) is 19.5. The number of carbonyl (C=O) groups is 3. The van der Waals surface area contributed by atoms with Crippen LogP contribution in [0, 0.1) is 5.92 Å². The van der Waals surface area contributed by atoms with Crippen molar-refractivity contribution in [2.75, 3.05) is 0 Å². The number of nitrogens with two attached hydrogens (primary N) is 1. The second-order valence-electron chi connectivity index (χ2n) is 5.41. The van der Waals surface area contributed by atoms with E-state index in [0.29, 0.717) is 18.4 Å². The van der Waals surface area contributed by atoms with Gasteiger partial charge in [-0.1, -0.05) is 31.9 Å². The van der Waals surface area contributed by atoms with Crippen LogP contribution in [0.25, 0.3) is 0 Å². The molecule has 5 nitrogen and oxygen atoms in total. The highest BCUT2D eigenvalue weighted by atomic mass is 79.9. The number of amides is 2. The van der Waals surface area contributed by atoms with Crippen molar-refractivity contribution in [3.05, 3.63) is 32.7 Å². The van der Waals surface area contributed by atoms with Crippen LogP contribution in [0.1, 0.15) is 36.0 Å². The predicted octanol–water partition coefficient (Wildman–Crippen LogP) is 2.55. The van der Waals surface area contributed by atoms with E-state index >= 15 is 0 Å². The van der Waals surface area contributed by atoms with Gasteiger partial charge in [0.15, 0.2) is 0 Å². The van der Waals surface area contributed by atoms with Crippen molar-refractivity contribution < 1.29 is 14.4 Å². The molecule has 7 heteroatoms. The van der Waals surface area contributed by atoms with Crippen LogP contribution in [0.5, 0.6) is 0 Å². The lowest BCUT2D eigenvalue weighted by Gasteiger charge is -2.28. The number of primary amides is 1. The molecule has 2 rings (SSSR count). The van der Waals surface area contributed by atoms with E-state index in [-0.39, 0.29) is 24.0 Å². The topological polar surface area (TPSA) is 89.3 Å². The average Bonchev–Trinajstić information content (AvgIpc) is 2.43. The van der Waals surface area contributed by atoms with E-state index in [1.165, 1.54) is 0 Å². The predicted molar refractivity (Wildman–Crippen MR) is 89.3 cm³/mol. The van der Waals surface area contributed by atoms with E-state index in [4.69, 9.17) is 5.73 Å². The van der Waals surface area contributed by atoms with Crippen LogP contribution in [0.2, 0.25) is 0 Å². The number of rotatable bonds is 4. The Bertz CT molecular complexity index is 599. The molecule has 3 N–H and O–H groups in total. The summed E-state index contributed by atoms with van der Waals surface area (Å²) >= 11 is 6.63. The smallest absolute Gasteiger partial charge is 0.252 e. The van der Waals surface area contributed by atoms with Crippen molar-refractivity contribution in [1.82, 2.24) is 5.32 Å². The van der Waals surface area contributed by atoms with E-state index in [1.807, 2.05) is 6.07 Å². The molecule has 1 fully saturated rings. The van der Waals surface area contributed by atoms with Gasteiger partial charge in [0.2, 0.25) is 5.91 Å². The van der Waals surface area contributed by atoms with Gasteiger partial charge in [-0.15, -0.1) is 0 Å². The minimum atomic E-state index is -0.825. The van der Waals surface area contributed by atoms with Gasteiger partial charge in [-0.05, 0) is 37.0 Å². The summed E-state index contributed by atoms with van der Waals surface area (Å²) in [6.45, 7) is 0. The molecule has 0 radical (unpaired) electrons. The first-order valence-corrected chi connectivity index (χ1v) is 8.53. The fraction of sp³-hybridized carbons (Fsp3) is 0.400. The monoisotopic (exact) mass is 430 g/mol. The number of nitrogens with one attached hydrogen (secondary N) is 1. The quantitative estimate of drug-likeness (QED) is 0.767. The van der Waals surface area contributed by atoms with Gasteiger partial charge in [0.25, 0.3) is 5.91 Å². The molecule has 0 saturated heterocycles. The van der Waals surface area contributed by atoms with E-state index in [2.05, 4.69) is 37.2 Å². The number of benzene rings is 1. The van der Waals surface area contributed by atoms with Crippen molar-refractivity contribution >= 4 is 49.5 Å². The zero-order valence-corrected chi connectivity index (χ0v) is 14.9. The minimum Gasteiger partial charge on any atom is -0.368 e. The third-order valence-electron chi connectivity index (χ3n) is 3.71. The first-order valence-electron chi connectivity index (χ1n) is 6.95. The van der Waals surface area contributed by atoms with E-state index < -0.39 is 11.9 Å². The molecule has 22 heavy (non-hydrogen) atoms. The van der Waals surface area contributed by atoms with E-state index in [9.17, 15) is 14.4 Å². The van der Waals surface area contributed by atoms with Gasteiger partial charge < -0.3 is 11.1 Å². The van der Waals surface area contributed by atoms with Crippen molar-refractivity contribution in [3.63, 3.8) is 0 Å². The van der Waals surface area contributed by atoms with Crippen molar-refractivity contribution in [3.8, 4) is 0 Å². The summed E-state index contributed by atoms with van der Waals surface area (Å²) in [5, 5.41) is 2.67. The van der Waals surface area contributed by atoms with Crippen LogP contribution in [-0.2, 0) is 9.59 Å². The minimum absolute atomic E-state index is 0.113. The molecule has 2 amide bonds. The van der Waals surface area contributed by atoms with Gasteiger partial charge >= 0.3 is 0 Å². The van der Waals surface area contributed by atoms with Crippen molar-refractivity contribution in [2.24, 2.45) is 11.7 Å². The van der Waals surface area contributed by atoms with Crippen LogP contribution in [0.3, 0.4) is 0 Å². The molecule has 0 aliphatic heterocycles. The lowest BCUT2D eigenvalue weighted by Crippen LogP contribution is -2.50. The van der Waals surface area contributed by atoms with Crippen molar-refractivity contribution in [2.45, 2.75) is 31.7 Å². The lowest BCUT2D eigenvalue weighted by molar-refractivity contribution is -0.124. The molecular formula is C15H16Br2N2O3. The van der Waals surface area contributed by atoms with Crippen LogP contribution in [-0.4, -0.2) is 23.6 Å². The number of halogens is 2. The third kappa shape index (κ3) is 4.39. The fourth-order valence-corrected chi connectivity index (χ4v) is 3.97. The second-order valence-corrected chi connectivity index (χ2v) is 7.24. The maximum absolute atomic E-state index is 12.3. The zero-order valence-electron chi connectivity index (χ0n) is 11.8. The first kappa shape index (κ1) is 17.1. The van der Waals surface area contributed by atoms with Gasteiger partial charge in [-0.3, -0.25) is 14.4 Å². The second kappa shape index (κ2) is 7.37. The molecule has 0 bridgehead atoms. The molecule has 1 aromatic rings. The maximum atomic E-state index is 12.3. The highest BCUT2D eigenvalue weighted by Crippen LogP contribution is 2.25. The van der Waals surface area contributed by atoms with Gasteiger partial charge in [-0.25, -0.2) is 0 Å². The summed E-state index contributed by atoms with van der Waals surface area (Å²) in [5.74, 6) is -1.11. The summed E-state index contributed by atoms with van der Waals surface area (Å²) < 4.78 is 1.49. The van der Waals surface area contributed by atoms with Crippen LogP contribution in [0.4, 0.5) is 0 Å². The highest BCUT2D eigenvalue weighted by molar-refractivity contribution is 9.11. The Hall–Kier alpha value is -1.21. The maximum Gasteiger partial charge on any atom is 0.252 e. The zero-order chi connectivity index (χ0) is 16.3. The molecule has 0 unspecified atom stereocenters. The van der Waals surface area contributed by atoms with E-state index in [1.54, 1.807) is 12.1 Å². The summed E-state index contributed by atoms with van der Waals surface area (Å²) in [6, 6.07) is 4.30. The molecule has 2 atom stereocenters. The Morgan fingerprint density at radius 2 is 1.86 bits per heavy atom. The SMILES string of the molecule is NC(=O)[C@@H](NC(=O)c1cc(Br)cc(Br)c1)[C@H]1CCCC(=O)C1. The summed E-state index contributed by atoms with van der Waals surface area (Å²) in [4.78, 5) is 35.6. The Morgan fingerprint density at radius 1 is 1.23 bits per heavy atom. The molecule has 0 aromatic heterocycles. The average molecular weight is 432 g/mol. The fourth-order valence-electron chi connectivity index (χ4n) is 2.67. The largest absolute Gasteiger partial charge is 0.368 e. The van der Waals surface area contributed by atoms with Gasteiger partial charge in [0.1, 0.15) is 11.8 Å². The Labute approximate surface area is 145 Å². The molecular weight excluding hydrogens is 416 g/mol. The Kier molecular flexibility index (Phi) is 5.74. The number of hydrogen-bond acceptors (Lipinski definition) is 3. The number of Topliss-reactive ketones (excluding diaryl/α,β-unsaturated/α-hetero) is 1. The number of carbonyl (C=O) groups excluding carboxylic acids is 3. The molecule has 1 saturated carbocycles. The van der Waals surface area contributed by atoms with Crippen molar-refractivity contribution in [1.29, 1.82) is 0 Å². The molecule has 118 valence electrons. The van der Waals surface area contributed by atoms with Crippen LogP contribution < -0.4 is 11.1 Å². The number of ketones is 1.